The summed E-state index contributed by atoms with van der Waals surface area (Å²) in [6.45, 7) is 1.08. The monoisotopic (exact) mass is 234 g/mol. The highest BCUT2D eigenvalue weighted by molar-refractivity contribution is 5.90. The van der Waals surface area contributed by atoms with Crippen molar-refractivity contribution in [1.29, 1.82) is 0 Å². The van der Waals surface area contributed by atoms with Gasteiger partial charge >= 0.3 is 5.97 Å². The minimum atomic E-state index is -0.272. The first-order chi connectivity index (χ1) is 8.33. The Labute approximate surface area is 99.5 Å². The highest BCUT2D eigenvalue weighted by Crippen LogP contribution is 2.31. The van der Waals surface area contributed by atoms with E-state index in [4.69, 9.17) is 14.2 Å². The van der Waals surface area contributed by atoms with Gasteiger partial charge in [0.25, 0.3) is 0 Å². The van der Waals surface area contributed by atoms with E-state index in [1.165, 1.54) is 0 Å². The summed E-state index contributed by atoms with van der Waals surface area (Å²) in [6.07, 6.45) is 3.22. The molecule has 0 radical (unpaired) electrons. The van der Waals surface area contributed by atoms with Crippen LogP contribution in [0.15, 0.2) is 18.2 Å². The predicted octanol–water partition coefficient (Wildman–Crippen LogP) is 2.17. The number of carbonyl (C=O) groups excluding carboxylic acids is 1. The minimum Gasteiger partial charge on any atom is -0.486 e. The molecule has 4 heteroatoms. The van der Waals surface area contributed by atoms with Crippen LogP contribution in [0.5, 0.6) is 11.5 Å². The van der Waals surface area contributed by atoms with Gasteiger partial charge in [0.1, 0.15) is 19.3 Å². The Bertz CT molecular complexity index is 437. The maximum absolute atomic E-state index is 11.8. The van der Waals surface area contributed by atoms with Crippen molar-refractivity contribution in [2.75, 3.05) is 13.2 Å². The van der Waals surface area contributed by atoms with Gasteiger partial charge in [-0.05, 0) is 37.5 Å². The Morgan fingerprint density at radius 3 is 2.65 bits per heavy atom. The average Bonchev–Trinajstić information content (AvgIpc) is 2.33. The number of fused-ring (bicyclic) bond motifs is 1. The normalized spacial score (nSPS) is 18.4. The summed E-state index contributed by atoms with van der Waals surface area (Å²) in [4.78, 5) is 11.8. The zero-order valence-corrected chi connectivity index (χ0v) is 9.48. The molecular weight excluding hydrogens is 220 g/mol. The quantitative estimate of drug-likeness (QED) is 0.736. The Morgan fingerprint density at radius 2 is 1.94 bits per heavy atom. The fourth-order valence-corrected chi connectivity index (χ4v) is 1.88. The van der Waals surface area contributed by atoms with E-state index < -0.39 is 0 Å². The lowest BCUT2D eigenvalue weighted by Gasteiger charge is -2.25. The molecule has 0 saturated heterocycles. The molecule has 1 aliphatic carbocycles. The van der Waals surface area contributed by atoms with Crippen LogP contribution in [0.25, 0.3) is 0 Å². The Kier molecular flexibility index (Phi) is 2.63. The third kappa shape index (κ3) is 2.07. The second-order valence-corrected chi connectivity index (χ2v) is 4.32. The standard InChI is InChI=1S/C13H14O4/c14-13(17-10-2-1-3-10)9-4-5-11-12(8-9)16-7-6-15-11/h4-5,8,10H,1-3,6-7H2. The van der Waals surface area contributed by atoms with Gasteiger partial charge in [0.2, 0.25) is 0 Å². The lowest BCUT2D eigenvalue weighted by molar-refractivity contribution is 0.00894. The summed E-state index contributed by atoms with van der Waals surface area (Å²) >= 11 is 0. The molecule has 2 aliphatic rings. The fraction of sp³-hybridized carbons (Fsp3) is 0.462. The fourth-order valence-electron chi connectivity index (χ4n) is 1.88. The van der Waals surface area contributed by atoms with Crippen molar-refractivity contribution in [3.05, 3.63) is 23.8 Å². The van der Waals surface area contributed by atoms with Crippen LogP contribution in [0.1, 0.15) is 29.6 Å². The maximum Gasteiger partial charge on any atom is 0.338 e. The van der Waals surface area contributed by atoms with Crippen molar-refractivity contribution < 1.29 is 19.0 Å². The van der Waals surface area contributed by atoms with Gasteiger partial charge in [-0.25, -0.2) is 4.79 Å². The van der Waals surface area contributed by atoms with Gasteiger partial charge in [-0.2, -0.15) is 0 Å². The first kappa shape index (κ1) is 10.4. The number of hydrogen-bond donors (Lipinski definition) is 0. The first-order valence-corrected chi connectivity index (χ1v) is 5.93. The van der Waals surface area contributed by atoms with Crippen LogP contribution in [0.2, 0.25) is 0 Å². The lowest BCUT2D eigenvalue weighted by atomic mass is 9.96. The molecule has 0 N–H and O–H groups in total. The summed E-state index contributed by atoms with van der Waals surface area (Å²) in [6, 6.07) is 5.16. The molecule has 0 atom stereocenters. The molecule has 1 fully saturated rings. The van der Waals surface area contributed by atoms with Gasteiger partial charge in [-0.1, -0.05) is 0 Å². The Balaban J connectivity index is 1.75. The zero-order chi connectivity index (χ0) is 11.7. The van der Waals surface area contributed by atoms with Crippen LogP contribution >= 0.6 is 0 Å². The first-order valence-electron chi connectivity index (χ1n) is 5.93. The Hall–Kier alpha value is -1.71. The van der Waals surface area contributed by atoms with Crippen LogP contribution in [0.4, 0.5) is 0 Å². The largest absolute Gasteiger partial charge is 0.486 e. The highest BCUT2D eigenvalue weighted by atomic mass is 16.6. The van der Waals surface area contributed by atoms with E-state index in [0.717, 1.165) is 19.3 Å². The van der Waals surface area contributed by atoms with Gasteiger partial charge in [-0.3, -0.25) is 0 Å². The molecule has 90 valence electrons. The molecule has 1 aliphatic heterocycles. The van der Waals surface area contributed by atoms with Gasteiger partial charge in [0, 0.05) is 0 Å². The summed E-state index contributed by atoms with van der Waals surface area (Å²) in [5.74, 6) is 1.04. The van der Waals surface area contributed by atoms with Crippen LogP contribution in [0.3, 0.4) is 0 Å². The topological polar surface area (TPSA) is 44.8 Å². The molecule has 1 aromatic carbocycles. The average molecular weight is 234 g/mol. The number of ether oxygens (including phenoxy) is 3. The molecule has 0 bridgehead atoms. The van der Waals surface area contributed by atoms with E-state index in [1.807, 2.05) is 0 Å². The number of rotatable bonds is 2. The molecule has 3 rings (SSSR count). The molecule has 0 unspecified atom stereocenters. The van der Waals surface area contributed by atoms with Gasteiger partial charge in [-0.15, -0.1) is 0 Å². The third-order valence-corrected chi connectivity index (χ3v) is 3.10. The molecule has 1 saturated carbocycles. The van der Waals surface area contributed by atoms with Gasteiger partial charge < -0.3 is 14.2 Å². The van der Waals surface area contributed by atoms with Gasteiger partial charge in [0.05, 0.1) is 5.56 Å². The predicted molar refractivity (Wildman–Crippen MR) is 60.5 cm³/mol. The highest BCUT2D eigenvalue weighted by Gasteiger charge is 2.23. The summed E-state index contributed by atoms with van der Waals surface area (Å²) < 4.78 is 16.1. The van der Waals surface area contributed by atoms with Crippen molar-refractivity contribution in [3.63, 3.8) is 0 Å². The molecule has 1 aromatic rings. The summed E-state index contributed by atoms with van der Waals surface area (Å²) in [5.41, 5.74) is 0.529. The lowest BCUT2D eigenvalue weighted by Crippen LogP contribution is -2.25. The van der Waals surface area contributed by atoms with Crippen molar-refractivity contribution >= 4 is 5.97 Å². The number of benzene rings is 1. The number of carbonyl (C=O) groups is 1. The van der Waals surface area contributed by atoms with Crippen molar-refractivity contribution in [2.24, 2.45) is 0 Å². The van der Waals surface area contributed by atoms with E-state index >= 15 is 0 Å². The molecule has 4 nitrogen and oxygen atoms in total. The Morgan fingerprint density at radius 1 is 1.18 bits per heavy atom. The minimum absolute atomic E-state index is 0.107. The van der Waals surface area contributed by atoms with Crippen LogP contribution in [-0.2, 0) is 4.74 Å². The van der Waals surface area contributed by atoms with Gasteiger partial charge in [0.15, 0.2) is 11.5 Å². The second kappa shape index (κ2) is 4.28. The molecule has 0 amide bonds. The van der Waals surface area contributed by atoms with Crippen molar-refractivity contribution in [3.8, 4) is 11.5 Å². The second-order valence-electron chi connectivity index (χ2n) is 4.32. The molecule has 17 heavy (non-hydrogen) atoms. The van der Waals surface area contributed by atoms with Crippen molar-refractivity contribution in [1.82, 2.24) is 0 Å². The van der Waals surface area contributed by atoms with E-state index in [-0.39, 0.29) is 12.1 Å². The molecule has 0 aromatic heterocycles. The zero-order valence-electron chi connectivity index (χ0n) is 9.48. The number of esters is 1. The maximum atomic E-state index is 11.8. The molecule has 0 spiro atoms. The summed E-state index contributed by atoms with van der Waals surface area (Å²) in [7, 11) is 0. The van der Waals surface area contributed by atoms with Crippen molar-refractivity contribution in [2.45, 2.75) is 25.4 Å². The summed E-state index contributed by atoms with van der Waals surface area (Å²) in [5, 5.41) is 0. The van der Waals surface area contributed by atoms with Crippen LogP contribution in [-0.4, -0.2) is 25.3 Å². The third-order valence-electron chi connectivity index (χ3n) is 3.10. The number of hydrogen-bond acceptors (Lipinski definition) is 4. The molecule has 1 heterocycles. The van der Waals surface area contributed by atoms with Crippen LogP contribution in [0, 0.1) is 0 Å². The van der Waals surface area contributed by atoms with E-state index in [2.05, 4.69) is 0 Å². The van der Waals surface area contributed by atoms with E-state index in [1.54, 1.807) is 18.2 Å². The molecular formula is C13H14O4. The van der Waals surface area contributed by atoms with Crippen LogP contribution < -0.4 is 9.47 Å². The van der Waals surface area contributed by atoms with E-state index in [9.17, 15) is 4.79 Å². The SMILES string of the molecule is O=C(OC1CCC1)c1ccc2c(c1)OCCO2. The van der Waals surface area contributed by atoms with E-state index in [0.29, 0.717) is 30.3 Å². The smallest absolute Gasteiger partial charge is 0.338 e.